The highest BCUT2D eigenvalue weighted by molar-refractivity contribution is 7.89. The molecule has 3 rings (SSSR count). The Hall–Kier alpha value is -3.39. The van der Waals surface area contributed by atoms with E-state index < -0.39 is 73.0 Å². The van der Waals surface area contributed by atoms with E-state index in [0.29, 0.717) is 5.56 Å². The summed E-state index contributed by atoms with van der Waals surface area (Å²) in [6, 6.07) is 9.11. The third-order valence-corrected chi connectivity index (χ3v) is 9.39. The Morgan fingerprint density at radius 2 is 1.34 bits per heavy atom. The normalized spacial score (nSPS) is 13.1. The Labute approximate surface area is 252 Å². The first-order valence-corrected chi connectivity index (χ1v) is 17.6. The van der Waals surface area contributed by atoms with E-state index >= 15 is 0 Å². The number of nitrogens with one attached hydrogen (secondary N) is 2. The van der Waals surface area contributed by atoms with Crippen LogP contribution in [0.4, 0.5) is 11.4 Å². The Balaban J connectivity index is 1.76. The zero-order valence-electron chi connectivity index (χ0n) is 22.7. The van der Waals surface area contributed by atoms with Crippen molar-refractivity contribution in [3.05, 3.63) is 53.7 Å². The summed E-state index contributed by atoms with van der Waals surface area (Å²) in [5.74, 6) is -0.470. The number of rotatable bonds is 15. The quantitative estimate of drug-likeness (QED) is 0.0834. The molecule has 5 N–H and O–H groups in total. The van der Waals surface area contributed by atoms with Gasteiger partial charge in [0.15, 0.2) is 5.69 Å². The Kier molecular flexibility index (Phi) is 10.9. The molecule has 0 aliphatic rings. The summed E-state index contributed by atoms with van der Waals surface area (Å²) in [4.78, 5) is -0.408. The summed E-state index contributed by atoms with van der Waals surface area (Å²) in [6.45, 7) is 0.813. The molecule has 1 heterocycles. The monoisotopic (exact) mass is 698 g/mol. The van der Waals surface area contributed by atoms with Gasteiger partial charge in [0.25, 0.3) is 0 Å². The van der Waals surface area contributed by atoms with Gasteiger partial charge in [-0.25, -0.2) is 34.6 Å². The first kappa shape index (κ1) is 35.1. The summed E-state index contributed by atoms with van der Waals surface area (Å²) >= 11 is 0. The predicted molar refractivity (Wildman–Crippen MR) is 151 cm³/mol. The molecule has 0 unspecified atom stereocenters. The lowest BCUT2D eigenvalue weighted by Gasteiger charge is -2.09. The van der Waals surface area contributed by atoms with E-state index in [2.05, 4.69) is 33.1 Å². The van der Waals surface area contributed by atoms with Crippen LogP contribution in [0.5, 0.6) is 5.88 Å². The number of sulfonamides is 2. The van der Waals surface area contributed by atoms with E-state index in [1.807, 2.05) is 0 Å². The molecule has 0 amide bonds. The van der Waals surface area contributed by atoms with Gasteiger partial charge >= 0.3 is 20.8 Å². The number of hydrogen-bond acceptors (Lipinski definition) is 14. The fraction of sp³-hybridized carbons (Fsp3) is 0.286. The molecule has 0 radical (unpaired) electrons. The van der Waals surface area contributed by atoms with Gasteiger partial charge in [-0.3, -0.25) is 9.11 Å². The molecule has 242 valence electrons. The van der Waals surface area contributed by atoms with Crippen molar-refractivity contribution in [3.63, 3.8) is 0 Å². The predicted octanol–water partition coefficient (Wildman–Crippen LogP) is 0.806. The molecule has 19 nitrogen and oxygen atoms in total. The van der Waals surface area contributed by atoms with Crippen LogP contribution in [-0.2, 0) is 49.2 Å². The van der Waals surface area contributed by atoms with E-state index in [0.717, 1.165) is 4.68 Å². The minimum Gasteiger partial charge on any atom is -0.492 e. The summed E-state index contributed by atoms with van der Waals surface area (Å²) in [6.07, 6.45) is 0. The zero-order valence-corrected chi connectivity index (χ0v) is 26.0. The van der Waals surface area contributed by atoms with Gasteiger partial charge in [0.1, 0.15) is 0 Å². The molecule has 0 aliphatic heterocycles. The van der Waals surface area contributed by atoms with Gasteiger partial charge in [-0.2, -0.15) is 31.7 Å². The number of aromatic hydroxyl groups is 1. The van der Waals surface area contributed by atoms with E-state index in [4.69, 9.17) is 9.11 Å². The standard InChI is InChI=1S/C21H26N6O13S4/c1-14-3-4-16(13-19(14)42(31,32)23-10-12-40-44(36,37)38)24-25-20-15(2)26-27(21(20)28)17-5-7-18(8-6-17)41(29,30)22-9-11-39-43(33,34)35/h3-8,13,22-23,28H,9-12H2,1-2H3,(H,33,34,35)(H,36,37,38)/b25-24+. The van der Waals surface area contributed by atoms with Crippen LogP contribution < -0.4 is 9.44 Å². The van der Waals surface area contributed by atoms with Crippen molar-refractivity contribution in [2.45, 2.75) is 23.6 Å². The lowest BCUT2D eigenvalue weighted by molar-refractivity contribution is 0.271. The van der Waals surface area contributed by atoms with E-state index in [9.17, 15) is 38.8 Å². The SMILES string of the molecule is Cc1ccc(/N=N/c2c(C)nn(-c3ccc(S(=O)(=O)NCCOS(=O)(=O)O)cc3)c2O)cc1S(=O)(=O)NCCOS(=O)(=O)O. The van der Waals surface area contributed by atoms with Crippen molar-refractivity contribution >= 4 is 52.2 Å². The van der Waals surface area contributed by atoms with E-state index in [1.165, 1.54) is 56.3 Å². The van der Waals surface area contributed by atoms with Crippen molar-refractivity contribution in [2.24, 2.45) is 10.2 Å². The maximum Gasteiger partial charge on any atom is 0.397 e. The van der Waals surface area contributed by atoms with Gasteiger partial charge < -0.3 is 5.11 Å². The number of hydrogen-bond donors (Lipinski definition) is 5. The number of aromatic nitrogens is 2. The molecule has 0 fully saturated rings. The second kappa shape index (κ2) is 13.7. The van der Waals surface area contributed by atoms with Crippen LogP contribution in [0, 0.1) is 13.8 Å². The molecule has 0 bridgehead atoms. The van der Waals surface area contributed by atoms with Crippen LogP contribution >= 0.6 is 0 Å². The lowest BCUT2D eigenvalue weighted by Crippen LogP contribution is -2.28. The Morgan fingerprint density at radius 1 is 0.795 bits per heavy atom. The molecule has 23 heteroatoms. The molecule has 1 aromatic heterocycles. The first-order chi connectivity index (χ1) is 20.3. The molecule has 0 atom stereocenters. The molecular weight excluding hydrogens is 673 g/mol. The van der Waals surface area contributed by atoms with Gasteiger partial charge in [-0.05, 0) is 55.8 Å². The number of nitrogens with zero attached hydrogens (tertiary/aromatic N) is 4. The second-order valence-corrected chi connectivity index (χ2v) is 14.3. The highest BCUT2D eigenvalue weighted by atomic mass is 32.3. The Bertz CT molecular complexity index is 1980. The van der Waals surface area contributed by atoms with E-state index in [1.54, 1.807) is 0 Å². The highest BCUT2D eigenvalue weighted by Gasteiger charge is 2.20. The van der Waals surface area contributed by atoms with Gasteiger partial charge in [0.2, 0.25) is 25.9 Å². The minimum atomic E-state index is -4.74. The summed E-state index contributed by atoms with van der Waals surface area (Å²) in [5, 5.41) is 22.9. The van der Waals surface area contributed by atoms with Gasteiger partial charge in [-0.1, -0.05) is 6.07 Å². The summed E-state index contributed by atoms with van der Waals surface area (Å²) in [5.41, 5.74) is 0.761. The van der Waals surface area contributed by atoms with Gasteiger partial charge in [-0.15, -0.1) is 5.11 Å². The molecule has 0 saturated carbocycles. The molecule has 0 saturated heterocycles. The maximum atomic E-state index is 12.7. The smallest absolute Gasteiger partial charge is 0.397 e. The Morgan fingerprint density at radius 3 is 1.89 bits per heavy atom. The van der Waals surface area contributed by atoms with Crippen LogP contribution in [0.1, 0.15) is 11.3 Å². The fourth-order valence-corrected chi connectivity index (χ4v) is 6.30. The largest absolute Gasteiger partial charge is 0.492 e. The van der Waals surface area contributed by atoms with Crippen molar-refractivity contribution in [2.75, 3.05) is 26.3 Å². The van der Waals surface area contributed by atoms with Crippen LogP contribution in [0.3, 0.4) is 0 Å². The second-order valence-electron chi connectivity index (χ2n) is 8.61. The van der Waals surface area contributed by atoms with Crippen molar-refractivity contribution in [3.8, 4) is 11.6 Å². The molecule has 2 aromatic carbocycles. The van der Waals surface area contributed by atoms with Gasteiger partial charge in [0.05, 0.1) is 40.1 Å². The van der Waals surface area contributed by atoms with Crippen LogP contribution in [0.25, 0.3) is 5.69 Å². The third kappa shape index (κ3) is 9.81. The average Bonchev–Trinajstić information content (AvgIpc) is 3.20. The third-order valence-electron chi connectivity index (χ3n) is 5.38. The molecular formula is C21H26N6O13S4. The first-order valence-electron chi connectivity index (χ1n) is 11.9. The van der Waals surface area contributed by atoms with Crippen molar-refractivity contribution in [1.29, 1.82) is 0 Å². The van der Waals surface area contributed by atoms with Crippen LogP contribution in [0.2, 0.25) is 0 Å². The highest BCUT2D eigenvalue weighted by Crippen LogP contribution is 2.34. The van der Waals surface area contributed by atoms with E-state index in [-0.39, 0.29) is 32.5 Å². The fourth-order valence-electron chi connectivity index (χ4n) is 3.43. The molecule has 3 aromatic rings. The molecule has 0 spiro atoms. The van der Waals surface area contributed by atoms with Crippen LogP contribution in [0.15, 0.2) is 62.5 Å². The molecule has 44 heavy (non-hydrogen) atoms. The minimum absolute atomic E-state index is 0.0701. The summed E-state index contributed by atoms with van der Waals surface area (Å²) in [7, 11) is -17.7. The van der Waals surface area contributed by atoms with Gasteiger partial charge in [0, 0.05) is 13.1 Å². The number of benzene rings is 2. The topological polar surface area (TPSA) is 282 Å². The lowest BCUT2D eigenvalue weighted by atomic mass is 10.2. The zero-order chi connectivity index (χ0) is 32.9. The maximum absolute atomic E-state index is 12.7. The number of aryl methyl sites for hydroxylation is 2. The average molecular weight is 699 g/mol. The number of azo groups is 1. The molecule has 0 aliphatic carbocycles. The van der Waals surface area contributed by atoms with Crippen molar-refractivity contribution in [1.82, 2.24) is 19.2 Å². The van der Waals surface area contributed by atoms with Crippen molar-refractivity contribution < 1.29 is 56.2 Å². The summed E-state index contributed by atoms with van der Waals surface area (Å²) < 4.78 is 123. The van der Waals surface area contributed by atoms with Crippen LogP contribution in [-0.4, -0.2) is 84.0 Å².